The molecule has 0 amide bonds. The fraction of sp³-hybridized carbons (Fsp3) is 0.538. The van der Waals surface area contributed by atoms with Gasteiger partial charge in [-0.25, -0.2) is 0 Å². The summed E-state index contributed by atoms with van der Waals surface area (Å²) >= 11 is 0. The standard InChI is InChI=1S/C26H19F17/c1-2-11-18(16-9-5-3-7-14(16)15-8-4-6-10-17(15)18)12-13-19(27,28)20(29,30)21(31,32)22(33,34)23(35,36)24(37,38)25(39,40)26(41,42)43/h3-10H,2,11-13H2,1H3. The molecule has 43 heavy (non-hydrogen) atoms. The van der Waals surface area contributed by atoms with Gasteiger partial charge in [0.25, 0.3) is 0 Å². The Morgan fingerprint density at radius 1 is 0.465 bits per heavy atom. The average molecular weight is 654 g/mol. The van der Waals surface area contributed by atoms with Gasteiger partial charge in [0.05, 0.1) is 0 Å². The van der Waals surface area contributed by atoms with E-state index in [1.165, 1.54) is 55.5 Å². The summed E-state index contributed by atoms with van der Waals surface area (Å²) in [6.07, 6.45) is -11.4. The van der Waals surface area contributed by atoms with Crippen LogP contribution in [0.15, 0.2) is 48.5 Å². The van der Waals surface area contributed by atoms with Crippen LogP contribution < -0.4 is 0 Å². The summed E-state index contributed by atoms with van der Waals surface area (Å²) < 4.78 is 233. The number of halogens is 17. The van der Waals surface area contributed by atoms with Crippen LogP contribution in [0.4, 0.5) is 74.6 Å². The molecule has 0 bridgehead atoms. The quantitative estimate of drug-likeness (QED) is 0.212. The highest BCUT2D eigenvalue weighted by Crippen LogP contribution is 2.65. The van der Waals surface area contributed by atoms with Crippen molar-refractivity contribution < 1.29 is 74.6 Å². The van der Waals surface area contributed by atoms with Crippen LogP contribution in [0.1, 0.15) is 43.7 Å². The van der Waals surface area contributed by atoms with Gasteiger partial charge in [-0.3, -0.25) is 0 Å². The zero-order valence-electron chi connectivity index (χ0n) is 21.4. The van der Waals surface area contributed by atoms with Crippen molar-refractivity contribution in [1.82, 2.24) is 0 Å². The van der Waals surface area contributed by atoms with Crippen LogP contribution in [0.2, 0.25) is 0 Å². The van der Waals surface area contributed by atoms with E-state index in [1.807, 2.05) is 0 Å². The molecule has 0 N–H and O–H groups in total. The molecule has 0 nitrogen and oxygen atoms in total. The molecule has 3 rings (SSSR count). The van der Waals surface area contributed by atoms with Crippen LogP contribution in [-0.2, 0) is 5.41 Å². The van der Waals surface area contributed by atoms with Crippen LogP contribution in [0.3, 0.4) is 0 Å². The lowest BCUT2D eigenvalue weighted by molar-refractivity contribution is -0.461. The Morgan fingerprint density at radius 2 is 0.814 bits per heavy atom. The third-order valence-corrected chi connectivity index (χ3v) is 7.51. The van der Waals surface area contributed by atoms with Gasteiger partial charge in [0.1, 0.15) is 0 Å². The fourth-order valence-electron chi connectivity index (χ4n) is 5.23. The van der Waals surface area contributed by atoms with Crippen molar-refractivity contribution in [3.8, 4) is 11.1 Å². The lowest BCUT2D eigenvalue weighted by Gasteiger charge is -2.43. The minimum Gasteiger partial charge on any atom is -0.200 e. The molecular weight excluding hydrogens is 635 g/mol. The third kappa shape index (κ3) is 4.56. The van der Waals surface area contributed by atoms with Crippen molar-refractivity contribution >= 4 is 0 Å². The van der Waals surface area contributed by atoms with Gasteiger partial charge in [-0.2, -0.15) is 74.6 Å². The smallest absolute Gasteiger partial charge is 0.200 e. The molecule has 0 saturated heterocycles. The molecule has 0 unspecified atom stereocenters. The summed E-state index contributed by atoms with van der Waals surface area (Å²) in [5, 5.41) is 0. The van der Waals surface area contributed by atoms with Crippen molar-refractivity contribution in [3.05, 3.63) is 59.7 Å². The van der Waals surface area contributed by atoms with E-state index >= 15 is 0 Å². The van der Waals surface area contributed by atoms with Gasteiger partial charge in [0.15, 0.2) is 0 Å². The Morgan fingerprint density at radius 3 is 1.19 bits per heavy atom. The Kier molecular flexibility index (Phi) is 8.19. The molecule has 2 aromatic rings. The van der Waals surface area contributed by atoms with Gasteiger partial charge in [0, 0.05) is 11.8 Å². The number of rotatable bonds is 11. The van der Waals surface area contributed by atoms with E-state index in [1.54, 1.807) is 0 Å². The highest BCUT2D eigenvalue weighted by atomic mass is 19.4. The lowest BCUT2D eigenvalue weighted by Crippen LogP contribution is -2.74. The molecule has 0 aromatic heterocycles. The van der Waals surface area contributed by atoms with E-state index in [0.29, 0.717) is 11.1 Å². The first-order valence-corrected chi connectivity index (χ1v) is 12.1. The van der Waals surface area contributed by atoms with Crippen LogP contribution in [0, 0.1) is 0 Å². The molecule has 1 aliphatic rings. The van der Waals surface area contributed by atoms with Gasteiger partial charge < -0.3 is 0 Å². The van der Waals surface area contributed by atoms with Crippen molar-refractivity contribution in [2.24, 2.45) is 0 Å². The summed E-state index contributed by atoms with van der Waals surface area (Å²) in [4.78, 5) is 0. The van der Waals surface area contributed by atoms with Gasteiger partial charge in [-0.1, -0.05) is 61.9 Å². The number of hydrogen-bond donors (Lipinski definition) is 0. The topological polar surface area (TPSA) is 0 Å². The summed E-state index contributed by atoms with van der Waals surface area (Å²) in [6.45, 7) is 1.52. The van der Waals surface area contributed by atoms with E-state index in [-0.39, 0.29) is 24.0 Å². The van der Waals surface area contributed by atoms with E-state index in [0.717, 1.165) is 0 Å². The fourth-order valence-corrected chi connectivity index (χ4v) is 5.23. The number of fused-ring (bicyclic) bond motifs is 3. The molecule has 0 saturated carbocycles. The predicted octanol–water partition coefficient (Wildman–Crippen LogP) is 10.5. The molecule has 0 fully saturated rings. The second-order valence-electron chi connectivity index (χ2n) is 10.1. The van der Waals surface area contributed by atoms with Gasteiger partial charge in [0.2, 0.25) is 0 Å². The molecule has 0 atom stereocenters. The lowest BCUT2D eigenvalue weighted by atomic mass is 9.70. The first-order valence-electron chi connectivity index (χ1n) is 12.1. The molecule has 1 aliphatic carbocycles. The molecule has 242 valence electrons. The number of benzene rings is 2. The van der Waals surface area contributed by atoms with Crippen molar-refractivity contribution in [2.45, 2.75) is 85.7 Å². The third-order valence-electron chi connectivity index (χ3n) is 7.51. The van der Waals surface area contributed by atoms with Gasteiger partial charge in [-0.05, 0) is 35.1 Å². The minimum atomic E-state index is -8.63. The van der Waals surface area contributed by atoms with Gasteiger partial charge >= 0.3 is 47.6 Å². The minimum absolute atomic E-state index is 0.119. The van der Waals surface area contributed by atoms with Crippen molar-refractivity contribution in [3.63, 3.8) is 0 Å². The predicted molar refractivity (Wildman–Crippen MR) is 117 cm³/mol. The van der Waals surface area contributed by atoms with E-state index in [4.69, 9.17) is 0 Å². The van der Waals surface area contributed by atoms with Crippen LogP contribution >= 0.6 is 0 Å². The summed E-state index contributed by atoms with van der Waals surface area (Å²) in [5.41, 5.74) is -0.369. The van der Waals surface area contributed by atoms with Crippen LogP contribution in [0.5, 0.6) is 0 Å². The van der Waals surface area contributed by atoms with Gasteiger partial charge in [-0.15, -0.1) is 0 Å². The molecule has 0 heterocycles. The molecule has 0 aliphatic heterocycles. The Labute approximate surface area is 231 Å². The van der Waals surface area contributed by atoms with Crippen molar-refractivity contribution in [1.29, 1.82) is 0 Å². The summed E-state index contributed by atoms with van der Waals surface area (Å²) in [6, 6.07) is 11.6. The largest absolute Gasteiger partial charge is 0.460 e. The van der Waals surface area contributed by atoms with Crippen LogP contribution in [0.25, 0.3) is 11.1 Å². The molecule has 2 aromatic carbocycles. The monoisotopic (exact) mass is 654 g/mol. The van der Waals surface area contributed by atoms with E-state index in [2.05, 4.69) is 0 Å². The highest BCUT2D eigenvalue weighted by molar-refractivity contribution is 5.81. The highest BCUT2D eigenvalue weighted by Gasteiger charge is 2.95. The Hall–Kier alpha value is -2.75. The molecule has 0 radical (unpaired) electrons. The van der Waals surface area contributed by atoms with E-state index in [9.17, 15) is 74.6 Å². The van der Waals surface area contributed by atoms with Crippen LogP contribution in [-0.4, -0.2) is 47.6 Å². The average Bonchev–Trinajstić information content (AvgIpc) is 3.16. The van der Waals surface area contributed by atoms with Crippen molar-refractivity contribution in [2.75, 3.05) is 0 Å². The first-order chi connectivity index (χ1) is 19.2. The normalized spacial score (nSPS) is 16.7. The first kappa shape index (κ1) is 34.7. The second kappa shape index (κ2) is 10.1. The SMILES string of the molecule is CCCC1(CCC(F)(F)C(F)(F)C(F)(F)C(F)(F)C(F)(F)C(F)(F)C(F)(F)C(F)(F)F)c2ccccc2-c2ccccc21. The zero-order valence-corrected chi connectivity index (χ0v) is 21.4. The summed E-state index contributed by atoms with van der Waals surface area (Å²) in [7, 11) is 0. The number of hydrogen-bond acceptors (Lipinski definition) is 0. The second-order valence-corrected chi connectivity index (χ2v) is 10.1. The summed E-state index contributed by atoms with van der Waals surface area (Å²) in [5.74, 6) is -56.3. The zero-order chi connectivity index (χ0) is 33.3. The Bertz CT molecular complexity index is 1280. The molecule has 0 spiro atoms. The molecule has 17 heteroatoms. The maximum absolute atomic E-state index is 14.8. The molecular formula is C26H19F17. The Balaban J connectivity index is 2.06. The number of alkyl halides is 17. The maximum Gasteiger partial charge on any atom is 0.460 e. The van der Waals surface area contributed by atoms with E-state index < -0.39 is 65.9 Å². The maximum atomic E-state index is 14.8.